The molecule has 9 nitrogen and oxygen atoms in total. The third-order valence-corrected chi connectivity index (χ3v) is 5.07. The number of rotatable bonds is 6. The quantitative estimate of drug-likeness (QED) is 0.546. The van der Waals surface area contributed by atoms with Crippen LogP contribution in [0.1, 0.15) is 22.7 Å². The van der Waals surface area contributed by atoms with Crippen LogP contribution in [0, 0.1) is 18.3 Å². The van der Waals surface area contributed by atoms with Crippen molar-refractivity contribution in [1.82, 2.24) is 10.2 Å². The number of hydrogen-bond acceptors (Lipinski definition) is 7. The molecule has 1 atom stereocenters. The van der Waals surface area contributed by atoms with Crippen LogP contribution in [0.2, 0.25) is 0 Å². The maximum atomic E-state index is 12.2. The van der Waals surface area contributed by atoms with E-state index in [4.69, 9.17) is 19.9 Å². The van der Waals surface area contributed by atoms with Crippen molar-refractivity contribution < 1.29 is 19.0 Å². The number of amides is 1. The fourth-order valence-electron chi connectivity index (χ4n) is 3.54. The molecule has 32 heavy (non-hydrogen) atoms. The number of anilines is 1. The standard InChI is InChI=1S/C23H21N5O4/c1-13-20-21(18(11-24)22(25)32-23(20)28-27-13)14-6-8-16(9-7-14)31-12-19(29)26-15-4-3-5-17(10-15)30-2/h3-10,21H,12,25H2,1-2H3,(H,26,29)(H,27,28)/t21-/m0/s1. The van der Waals surface area contributed by atoms with Crippen LogP contribution in [-0.4, -0.2) is 29.8 Å². The van der Waals surface area contributed by atoms with Gasteiger partial charge in [-0.2, -0.15) is 5.26 Å². The summed E-state index contributed by atoms with van der Waals surface area (Å²) in [6, 6.07) is 16.3. The van der Waals surface area contributed by atoms with Gasteiger partial charge in [-0.25, -0.2) is 0 Å². The molecule has 3 aromatic rings. The zero-order chi connectivity index (χ0) is 22.7. The van der Waals surface area contributed by atoms with Gasteiger partial charge in [-0.05, 0) is 36.8 Å². The number of ether oxygens (including phenoxy) is 3. The maximum Gasteiger partial charge on any atom is 0.262 e. The molecule has 0 spiro atoms. The van der Waals surface area contributed by atoms with Gasteiger partial charge in [0.25, 0.3) is 5.91 Å². The molecule has 0 bridgehead atoms. The number of nitrogens with zero attached hydrogens (tertiary/aromatic N) is 2. The number of aryl methyl sites for hydroxylation is 1. The lowest BCUT2D eigenvalue weighted by Gasteiger charge is -2.23. The van der Waals surface area contributed by atoms with Crippen molar-refractivity contribution in [2.45, 2.75) is 12.8 Å². The van der Waals surface area contributed by atoms with Gasteiger partial charge in [-0.3, -0.25) is 9.89 Å². The van der Waals surface area contributed by atoms with E-state index in [9.17, 15) is 10.1 Å². The number of H-pyrrole nitrogens is 1. The minimum atomic E-state index is -0.409. The van der Waals surface area contributed by atoms with E-state index >= 15 is 0 Å². The van der Waals surface area contributed by atoms with Gasteiger partial charge >= 0.3 is 0 Å². The number of carbonyl (C=O) groups is 1. The molecule has 1 amide bonds. The smallest absolute Gasteiger partial charge is 0.262 e. The highest BCUT2D eigenvalue weighted by Gasteiger charge is 2.34. The average molecular weight is 431 g/mol. The second kappa shape index (κ2) is 8.73. The molecule has 4 N–H and O–H groups in total. The Hall–Kier alpha value is -4.45. The predicted molar refractivity (Wildman–Crippen MR) is 116 cm³/mol. The van der Waals surface area contributed by atoms with E-state index in [0.29, 0.717) is 28.6 Å². The van der Waals surface area contributed by atoms with E-state index in [1.165, 1.54) is 0 Å². The van der Waals surface area contributed by atoms with E-state index < -0.39 is 5.92 Å². The van der Waals surface area contributed by atoms with E-state index in [2.05, 4.69) is 21.6 Å². The molecule has 9 heteroatoms. The van der Waals surface area contributed by atoms with Crippen molar-refractivity contribution in [3.8, 4) is 23.4 Å². The molecule has 1 aromatic heterocycles. The number of nitrogens with one attached hydrogen (secondary N) is 2. The Bertz CT molecular complexity index is 1220. The van der Waals surface area contributed by atoms with Gasteiger partial charge < -0.3 is 25.3 Å². The molecule has 0 saturated heterocycles. The molecule has 162 valence electrons. The van der Waals surface area contributed by atoms with E-state index in [1.807, 2.05) is 19.1 Å². The summed E-state index contributed by atoms with van der Waals surface area (Å²) in [5, 5.41) is 19.4. The molecular formula is C23H21N5O4. The Kier molecular flexibility index (Phi) is 5.68. The van der Waals surface area contributed by atoms with Crippen LogP contribution in [-0.2, 0) is 4.79 Å². The number of carbonyl (C=O) groups excluding carboxylic acids is 1. The van der Waals surface area contributed by atoms with E-state index in [-0.39, 0.29) is 18.4 Å². The van der Waals surface area contributed by atoms with Gasteiger partial charge in [0.05, 0.1) is 13.0 Å². The third-order valence-electron chi connectivity index (χ3n) is 5.07. The van der Waals surface area contributed by atoms with Crippen molar-refractivity contribution in [3.63, 3.8) is 0 Å². The highest BCUT2D eigenvalue weighted by atomic mass is 16.5. The zero-order valence-corrected chi connectivity index (χ0v) is 17.5. The Morgan fingerprint density at radius 3 is 2.78 bits per heavy atom. The SMILES string of the molecule is COc1cccc(NC(=O)COc2ccc([C@H]3C(C#N)=C(N)Oc4n[nH]c(C)c43)cc2)c1. The largest absolute Gasteiger partial charge is 0.497 e. The number of allylic oxidation sites excluding steroid dienone is 1. The summed E-state index contributed by atoms with van der Waals surface area (Å²) in [5.41, 5.74) is 9.25. The molecule has 0 radical (unpaired) electrons. The molecule has 4 rings (SSSR count). The van der Waals surface area contributed by atoms with Crippen LogP contribution in [0.5, 0.6) is 17.4 Å². The number of nitrogens with two attached hydrogens (primary N) is 1. The summed E-state index contributed by atoms with van der Waals surface area (Å²) in [5.74, 6) is 0.849. The molecule has 2 aromatic carbocycles. The number of nitriles is 1. The Labute approximate surface area is 184 Å². The second-order valence-corrected chi connectivity index (χ2v) is 7.13. The van der Waals surface area contributed by atoms with Crippen LogP contribution < -0.4 is 25.3 Å². The van der Waals surface area contributed by atoms with Crippen LogP contribution >= 0.6 is 0 Å². The maximum absolute atomic E-state index is 12.2. The fourth-order valence-corrected chi connectivity index (χ4v) is 3.54. The van der Waals surface area contributed by atoms with Crippen molar-refractivity contribution >= 4 is 11.6 Å². The lowest BCUT2D eigenvalue weighted by Crippen LogP contribution is -2.21. The van der Waals surface area contributed by atoms with Gasteiger partial charge in [0, 0.05) is 23.0 Å². The molecule has 1 aliphatic rings. The molecular weight excluding hydrogens is 410 g/mol. The lowest BCUT2D eigenvalue weighted by molar-refractivity contribution is -0.118. The van der Waals surface area contributed by atoms with Gasteiger partial charge in [0.2, 0.25) is 11.8 Å². The molecule has 0 fully saturated rings. The van der Waals surface area contributed by atoms with Crippen LogP contribution in [0.15, 0.2) is 60.0 Å². The molecule has 1 aliphatic heterocycles. The zero-order valence-electron chi connectivity index (χ0n) is 17.5. The van der Waals surface area contributed by atoms with Crippen molar-refractivity contribution in [2.24, 2.45) is 5.73 Å². The first-order valence-corrected chi connectivity index (χ1v) is 9.79. The molecule has 0 aliphatic carbocycles. The van der Waals surface area contributed by atoms with Gasteiger partial charge in [0.15, 0.2) is 6.61 Å². The lowest BCUT2D eigenvalue weighted by atomic mass is 9.84. The Morgan fingerprint density at radius 1 is 1.28 bits per heavy atom. The first kappa shape index (κ1) is 20.8. The second-order valence-electron chi connectivity index (χ2n) is 7.13. The van der Waals surface area contributed by atoms with Gasteiger partial charge in [-0.15, -0.1) is 5.10 Å². The number of hydrogen-bond donors (Lipinski definition) is 3. The minimum Gasteiger partial charge on any atom is -0.497 e. The predicted octanol–water partition coefficient (Wildman–Crippen LogP) is 2.96. The summed E-state index contributed by atoms with van der Waals surface area (Å²) in [6.07, 6.45) is 0. The average Bonchev–Trinajstić information content (AvgIpc) is 3.17. The van der Waals surface area contributed by atoms with E-state index in [0.717, 1.165) is 16.8 Å². The number of benzene rings is 2. The number of methoxy groups -OCH3 is 1. The molecule has 2 heterocycles. The van der Waals surface area contributed by atoms with Crippen molar-refractivity contribution in [1.29, 1.82) is 5.26 Å². The summed E-state index contributed by atoms with van der Waals surface area (Å²) in [6.45, 7) is 1.70. The topological polar surface area (TPSA) is 135 Å². The summed E-state index contributed by atoms with van der Waals surface area (Å²) in [7, 11) is 1.56. The number of aromatic nitrogens is 2. The highest BCUT2D eigenvalue weighted by Crippen LogP contribution is 2.42. The van der Waals surface area contributed by atoms with E-state index in [1.54, 1.807) is 43.5 Å². The minimum absolute atomic E-state index is 0.0334. The molecule has 0 saturated carbocycles. The van der Waals surface area contributed by atoms with Gasteiger partial charge in [-0.1, -0.05) is 18.2 Å². The van der Waals surface area contributed by atoms with Crippen LogP contribution in [0.25, 0.3) is 0 Å². The molecule has 0 unspecified atom stereocenters. The summed E-state index contributed by atoms with van der Waals surface area (Å²) >= 11 is 0. The number of aromatic amines is 1. The third kappa shape index (κ3) is 4.06. The Morgan fingerprint density at radius 2 is 2.06 bits per heavy atom. The van der Waals surface area contributed by atoms with Gasteiger partial charge in [0.1, 0.15) is 23.1 Å². The number of fused-ring (bicyclic) bond motifs is 1. The first-order valence-electron chi connectivity index (χ1n) is 9.79. The highest BCUT2D eigenvalue weighted by molar-refractivity contribution is 5.92. The van der Waals surface area contributed by atoms with Crippen LogP contribution in [0.3, 0.4) is 0 Å². The monoisotopic (exact) mass is 431 g/mol. The fraction of sp³-hybridized carbons (Fsp3) is 0.174. The Balaban J connectivity index is 1.46. The van der Waals surface area contributed by atoms with Crippen LogP contribution in [0.4, 0.5) is 5.69 Å². The first-order chi connectivity index (χ1) is 15.5. The van der Waals surface area contributed by atoms with Crippen molar-refractivity contribution in [3.05, 3.63) is 76.8 Å². The van der Waals surface area contributed by atoms with Crippen molar-refractivity contribution in [2.75, 3.05) is 19.0 Å². The normalized spacial score (nSPS) is 14.7. The summed E-state index contributed by atoms with van der Waals surface area (Å²) in [4.78, 5) is 12.2. The summed E-state index contributed by atoms with van der Waals surface area (Å²) < 4.78 is 16.2.